The normalized spacial score (nSPS) is 10.3. The summed E-state index contributed by atoms with van der Waals surface area (Å²) in [5.41, 5.74) is 3.15. The minimum absolute atomic E-state index is 0.160. The first-order valence-electron chi connectivity index (χ1n) is 7.86. The summed E-state index contributed by atoms with van der Waals surface area (Å²) in [5.74, 6) is 0. The Morgan fingerprint density at radius 2 is 1.88 bits per heavy atom. The molecule has 0 bridgehead atoms. The second-order valence-electron chi connectivity index (χ2n) is 5.33. The standard InChI is InChI=1S/C19H19N3OS/c23-19(21-12-10-15-6-2-1-3-7-15)22-14-16-8-4-11-20-18(16)17-9-5-13-24-17/h1-9,11,13H,10,12,14H2,(H2,21,22,23). The van der Waals surface area contributed by atoms with Gasteiger partial charge in [0.1, 0.15) is 0 Å². The molecule has 5 heteroatoms. The summed E-state index contributed by atoms with van der Waals surface area (Å²) in [6.07, 6.45) is 2.60. The first kappa shape index (κ1) is 16.2. The van der Waals surface area contributed by atoms with E-state index in [1.54, 1.807) is 17.5 Å². The van der Waals surface area contributed by atoms with E-state index < -0.39 is 0 Å². The van der Waals surface area contributed by atoms with Crippen molar-refractivity contribution in [1.29, 1.82) is 0 Å². The van der Waals surface area contributed by atoms with Gasteiger partial charge in [-0.1, -0.05) is 42.5 Å². The van der Waals surface area contributed by atoms with Crippen molar-refractivity contribution in [3.05, 3.63) is 77.3 Å². The lowest BCUT2D eigenvalue weighted by Crippen LogP contribution is -2.36. The summed E-state index contributed by atoms with van der Waals surface area (Å²) >= 11 is 1.65. The monoisotopic (exact) mass is 337 g/mol. The Bertz CT molecular complexity index is 772. The fraction of sp³-hybridized carbons (Fsp3) is 0.158. The number of nitrogens with one attached hydrogen (secondary N) is 2. The number of carbonyl (C=O) groups excluding carboxylic acids is 1. The van der Waals surface area contributed by atoms with E-state index in [4.69, 9.17) is 0 Å². The average Bonchev–Trinajstić information content (AvgIpc) is 3.16. The fourth-order valence-corrected chi connectivity index (χ4v) is 3.18. The van der Waals surface area contributed by atoms with Crippen molar-refractivity contribution < 1.29 is 4.79 Å². The van der Waals surface area contributed by atoms with E-state index in [0.717, 1.165) is 22.6 Å². The van der Waals surface area contributed by atoms with Crippen molar-refractivity contribution in [2.45, 2.75) is 13.0 Å². The summed E-state index contributed by atoms with van der Waals surface area (Å²) in [6, 6.07) is 17.9. The molecule has 0 radical (unpaired) electrons. The number of benzene rings is 1. The molecule has 122 valence electrons. The Morgan fingerprint density at radius 3 is 2.67 bits per heavy atom. The number of aromatic nitrogens is 1. The molecule has 0 saturated heterocycles. The molecule has 0 atom stereocenters. The van der Waals surface area contributed by atoms with Crippen LogP contribution in [0.15, 0.2) is 66.2 Å². The molecule has 1 aromatic carbocycles. The predicted molar refractivity (Wildman–Crippen MR) is 97.9 cm³/mol. The molecule has 0 saturated carbocycles. The Morgan fingerprint density at radius 1 is 1.00 bits per heavy atom. The highest BCUT2D eigenvalue weighted by Gasteiger charge is 2.08. The highest BCUT2D eigenvalue weighted by Crippen LogP contribution is 2.25. The van der Waals surface area contributed by atoms with Gasteiger partial charge in [0.05, 0.1) is 10.6 Å². The molecule has 2 aromatic heterocycles. The minimum atomic E-state index is -0.160. The predicted octanol–water partition coefficient (Wildman–Crippen LogP) is 3.85. The Balaban J connectivity index is 1.50. The number of thiophene rings is 1. The van der Waals surface area contributed by atoms with Gasteiger partial charge in [-0.2, -0.15) is 0 Å². The average molecular weight is 337 g/mol. The van der Waals surface area contributed by atoms with Crippen LogP contribution in [0.1, 0.15) is 11.1 Å². The molecule has 2 heterocycles. The van der Waals surface area contributed by atoms with Crippen molar-refractivity contribution >= 4 is 17.4 Å². The quantitative estimate of drug-likeness (QED) is 0.718. The van der Waals surface area contributed by atoms with E-state index in [2.05, 4.69) is 27.8 Å². The third-order valence-electron chi connectivity index (χ3n) is 3.63. The van der Waals surface area contributed by atoms with Gasteiger partial charge in [0.15, 0.2) is 0 Å². The molecule has 4 nitrogen and oxygen atoms in total. The number of urea groups is 1. The van der Waals surface area contributed by atoms with Crippen LogP contribution in [0.4, 0.5) is 4.79 Å². The Kier molecular flexibility index (Phi) is 5.58. The van der Waals surface area contributed by atoms with Crippen LogP contribution in [0.5, 0.6) is 0 Å². The maximum Gasteiger partial charge on any atom is 0.315 e. The number of hydrogen-bond acceptors (Lipinski definition) is 3. The zero-order chi connectivity index (χ0) is 16.6. The van der Waals surface area contributed by atoms with Gasteiger partial charge in [-0.3, -0.25) is 4.98 Å². The van der Waals surface area contributed by atoms with Crippen molar-refractivity contribution in [2.24, 2.45) is 0 Å². The summed E-state index contributed by atoms with van der Waals surface area (Å²) < 4.78 is 0. The van der Waals surface area contributed by atoms with Crippen LogP contribution in [0.3, 0.4) is 0 Å². The van der Waals surface area contributed by atoms with Crippen molar-refractivity contribution in [2.75, 3.05) is 6.54 Å². The number of rotatable bonds is 6. The molecular formula is C19H19N3OS. The van der Waals surface area contributed by atoms with Crippen molar-refractivity contribution in [1.82, 2.24) is 15.6 Å². The zero-order valence-electron chi connectivity index (χ0n) is 13.2. The largest absolute Gasteiger partial charge is 0.338 e. The molecule has 24 heavy (non-hydrogen) atoms. The van der Waals surface area contributed by atoms with Crippen molar-refractivity contribution in [3.8, 4) is 10.6 Å². The van der Waals surface area contributed by atoms with Gasteiger partial charge >= 0.3 is 6.03 Å². The first-order valence-corrected chi connectivity index (χ1v) is 8.74. The topological polar surface area (TPSA) is 54.0 Å². The molecule has 0 fully saturated rings. The van der Waals surface area contributed by atoms with Crippen LogP contribution in [0.25, 0.3) is 10.6 Å². The lowest BCUT2D eigenvalue weighted by atomic mass is 10.1. The van der Waals surface area contributed by atoms with Crippen LogP contribution >= 0.6 is 11.3 Å². The highest BCUT2D eigenvalue weighted by molar-refractivity contribution is 7.13. The third kappa shape index (κ3) is 4.43. The summed E-state index contributed by atoms with van der Waals surface area (Å²) in [4.78, 5) is 17.5. The van der Waals surface area contributed by atoms with Gasteiger partial charge in [-0.05, 0) is 35.1 Å². The maximum atomic E-state index is 12.0. The number of amides is 2. The molecule has 0 aliphatic heterocycles. The molecule has 0 aliphatic carbocycles. The lowest BCUT2D eigenvalue weighted by molar-refractivity contribution is 0.240. The van der Waals surface area contributed by atoms with E-state index in [1.165, 1.54) is 5.56 Å². The van der Waals surface area contributed by atoms with Crippen LogP contribution in [0, 0.1) is 0 Å². The zero-order valence-corrected chi connectivity index (χ0v) is 14.1. The third-order valence-corrected chi connectivity index (χ3v) is 4.50. The number of nitrogens with zero attached hydrogens (tertiary/aromatic N) is 1. The SMILES string of the molecule is O=C(NCCc1ccccc1)NCc1cccnc1-c1cccs1. The second-order valence-corrected chi connectivity index (χ2v) is 6.28. The van der Waals surface area contributed by atoms with Gasteiger partial charge in [-0.25, -0.2) is 4.79 Å². The fourth-order valence-electron chi connectivity index (χ4n) is 2.42. The Hall–Kier alpha value is -2.66. The van der Waals surface area contributed by atoms with Crippen LogP contribution < -0.4 is 10.6 Å². The summed E-state index contributed by atoms with van der Waals surface area (Å²) in [6.45, 7) is 1.07. The maximum absolute atomic E-state index is 12.0. The molecule has 0 spiro atoms. The van der Waals surface area contributed by atoms with Crippen molar-refractivity contribution in [3.63, 3.8) is 0 Å². The second kappa shape index (κ2) is 8.26. The Labute approximate surface area is 145 Å². The number of hydrogen-bond donors (Lipinski definition) is 2. The van der Waals surface area contributed by atoms with Crippen LogP contribution in [-0.4, -0.2) is 17.6 Å². The van der Waals surface area contributed by atoms with Gasteiger partial charge in [0.25, 0.3) is 0 Å². The van der Waals surface area contributed by atoms with E-state index in [0.29, 0.717) is 13.1 Å². The van der Waals surface area contributed by atoms with E-state index in [-0.39, 0.29) is 6.03 Å². The van der Waals surface area contributed by atoms with Gasteiger partial charge in [-0.15, -0.1) is 11.3 Å². The molecule has 2 amide bonds. The number of carbonyl (C=O) groups is 1. The van der Waals surface area contributed by atoms with Crippen LogP contribution in [-0.2, 0) is 13.0 Å². The lowest BCUT2D eigenvalue weighted by Gasteiger charge is -2.10. The van der Waals surface area contributed by atoms with Gasteiger partial charge in [0.2, 0.25) is 0 Å². The molecule has 3 rings (SSSR count). The number of pyridine rings is 1. The van der Waals surface area contributed by atoms with Crippen LogP contribution in [0.2, 0.25) is 0 Å². The van der Waals surface area contributed by atoms with E-state index in [9.17, 15) is 4.79 Å². The molecular weight excluding hydrogens is 318 g/mol. The summed E-state index contributed by atoms with van der Waals surface area (Å²) in [5, 5.41) is 7.82. The van der Waals surface area contributed by atoms with E-state index >= 15 is 0 Å². The molecule has 0 aliphatic rings. The first-order chi connectivity index (χ1) is 11.8. The smallest absolute Gasteiger partial charge is 0.315 e. The summed E-state index contributed by atoms with van der Waals surface area (Å²) in [7, 11) is 0. The molecule has 2 N–H and O–H groups in total. The van der Waals surface area contributed by atoms with Gasteiger partial charge < -0.3 is 10.6 Å². The van der Waals surface area contributed by atoms with Gasteiger partial charge in [0, 0.05) is 19.3 Å². The minimum Gasteiger partial charge on any atom is -0.338 e. The molecule has 0 unspecified atom stereocenters. The highest BCUT2D eigenvalue weighted by atomic mass is 32.1. The molecule has 3 aromatic rings. The van der Waals surface area contributed by atoms with E-state index in [1.807, 2.05) is 47.8 Å².